The zero-order valence-electron chi connectivity index (χ0n) is 20.3. The van der Waals surface area contributed by atoms with Gasteiger partial charge < -0.3 is 10.2 Å². The van der Waals surface area contributed by atoms with Crippen LogP contribution >= 0.6 is 0 Å². The lowest BCUT2D eigenvalue weighted by Crippen LogP contribution is -2.26. The molecule has 1 aliphatic rings. The Morgan fingerprint density at radius 3 is 2.23 bits per heavy atom. The summed E-state index contributed by atoms with van der Waals surface area (Å²) in [4.78, 5) is 42.3. The molecular formula is C28H35NO6. The normalized spacial score (nSPS) is 14.9. The van der Waals surface area contributed by atoms with E-state index in [-0.39, 0.29) is 29.7 Å². The predicted molar refractivity (Wildman–Crippen MR) is 132 cm³/mol. The van der Waals surface area contributed by atoms with Crippen LogP contribution in [0.25, 0.3) is 0 Å². The average molecular weight is 482 g/mol. The number of hydrogen-bond donors (Lipinski definition) is 3. The molecule has 1 aliphatic carbocycles. The Kier molecular flexibility index (Phi) is 9.85. The van der Waals surface area contributed by atoms with E-state index in [1.54, 1.807) is 6.92 Å². The van der Waals surface area contributed by atoms with E-state index < -0.39 is 23.8 Å². The molecular weight excluding hydrogens is 446 g/mol. The lowest BCUT2D eigenvalue weighted by atomic mass is 9.80. The van der Waals surface area contributed by atoms with Crippen LogP contribution in [-0.2, 0) is 16.2 Å². The first-order valence-corrected chi connectivity index (χ1v) is 12.4. The van der Waals surface area contributed by atoms with Gasteiger partial charge in [0.1, 0.15) is 0 Å². The molecule has 0 radical (unpaired) electrons. The summed E-state index contributed by atoms with van der Waals surface area (Å²) in [6, 6.07) is 12.4. The molecule has 1 atom stereocenters. The number of amides is 1. The minimum Gasteiger partial charge on any atom is -0.478 e. The first-order chi connectivity index (χ1) is 16.8. The quantitative estimate of drug-likeness (QED) is 0.327. The highest BCUT2D eigenvalue weighted by Crippen LogP contribution is 2.35. The molecule has 0 aromatic heterocycles. The van der Waals surface area contributed by atoms with Crippen LogP contribution < -0.4 is 5.48 Å². The molecule has 7 heteroatoms. The molecule has 0 saturated heterocycles. The van der Waals surface area contributed by atoms with Crippen molar-refractivity contribution < 1.29 is 29.4 Å². The van der Waals surface area contributed by atoms with E-state index >= 15 is 0 Å². The largest absolute Gasteiger partial charge is 0.478 e. The van der Waals surface area contributed by atoms with Gasteiger partial charge in [-0.25, -0.2) is 15.1 Å². The molecule has 0 aliphatic heterocycles. The number of carbonyl (C=O) groups excluding carboxylic acids is 1. The minimum atomic E-state index is -1.19. The van der Waals surface area contributed by atoms with E-state index in [1.807, 2.05) is 30.3 Å². The van der Waals surface area contributed by atoms with E-state index in [0.717, 1.165) is 18.4 Å². The summed E-state index contributed by atoms with van der Waals surface area (Å²) in [6.07, 6.45) is 8.43. The molecule has 0 bridgehead atoms. The fourth-order valence-corrected chi connectivity index (χ4v) is 5.11. The fourth-order valence-electron chi connectivity index (χ4n) is 5.11. The van der Waals surface area contributed by atoms with Gasteiger partial charge in [-0.05, 0) is 54.0 Å². The van der Waals surface area contributed by atoms with E-state index in [9.17, 15) is 24.6 Å². The summed E-state index contributed by atoms with van der Waals surface area (Å²) < 4.78 is 0. The van der Waals surface area contributed by atoms with Crippen LogP contribution in [-0.4, -0.2) is 28.1 Å². The first-order valence-electron chi connectivity index (χ1n) is 12.4. The van der Waals surface area contributed by atoms with E-state index in [2.05, 4.69) is 5.48 Å². The topological polar surface area (TPSA) is 113 Å². The molecule has 188 valence electrons. The van der Waals surface area contributed by atoms with Gasteiger partial charge in [-0.15, -0.1) is 0 Å². The summed E-state index contributed by atoms with van der Waals surface area (Å²) in [5.41, 5.74) is 4.02. The summed E-state index contributed by atoms with van der Waals surface area (Å²) in [6.45, 7) is 1.87. The van der Waals surface area contributed by atoms with Crippen LogP contribution in [0.15, 0.2) is 42.5 Å². The number of carboxylic acids is 2. The molecule has 1 saturated carbocycles. The zero-order chi connectivity index (χ0) is 25.2. The van der Waals surface area contributed by atoms with Crippen molar-refractivity contribution in [2.45, 2.75) is 77.2 Å². The van der Waals surface area contributed by atoms with Gasteiger partial charge in [0.2, 0.25) is 5.91 Å². The van der Waals surface area contributed by atoms with Gasteiger partial charge in [0.05, 0.1) is 17.7 Å². The SMILES string of the molecule is Cc1cc(C(=O)O)c(C(CCCC2CCCCC2)CC(=O)NOCc2ccccc2)c(C(=O)O)c1. The third-order valence-corrected chi connectivity index (χ3v) is 6.78. The van der Waals surface area contributed by atoms with Crippen LogP contribution in [0, 0.1) is 12.8 Å². The second-order valence-electron chi connectivity index (χ2n) is 9.52. The standard InChI is InChI=1S/C28H35NO6/c1-19-15-23(27(31)32)26(24(16-19)28(33)34)22(14-8-13-20-9-4-2-5-10-20)17-25(30)29-35-18-21-11-6-3-7-12-21/h3,6-7,11-12,15-16,20,22H,2,4-5,8-10,13-14,17-18H2,1H3,(H,29,30)(H,31,32)(H,33,34). The van der Waals surface area contributed by atoms with Crippen LogP contribution in [0.4, 0.5) is 0 Å². The number of aryl methyl sites for hydroxylation is 1. The Labute approximate surface area is 206 Å². The van der Waals surface area contributed by atoms with Crippen molar-refractivity contribution in [3.05, 3.63) is 70.3 Å². The predicted octanol–water partition coefficient (Wildman–Crippen LogP) is 5.86. The lowest BCUT2D eigenvalue weighted by Gasteiger charge is -2.24. The molecule has 0 spiro atoms. The maximum atomic E-state index is 12.8. The lowest BCUT2D eigenvalue weighted by molar-refractivity contribution is -0.135. The molecule has 7 nitrogen and oxygen atoms in total. The Morgan fingerprint density at radius 2 is 1.63 bits per heavy atom. The Hall–Kier alpha value is -3.19. The maximum Gasteiger partial charge on any atom is 0.336 e. The minimum absolute atomic E-state index is 0.0525. The highest BCUT2D eigenvalue weighted by atomic mass is 16.6. The van der Waals surface area contributed by atoms with Gasteiger partial charge in [-0.3, -0.25) is 9.63 Å². The number of hydroxylamine groups is 1. The number of rotatable bonds is 12. The second kappa shape index (κ2) is 13.0. The third kappa shape index (κ3) is 7.92. The van der Waals surface area contributed by atoms with E-state index in [0.29, 0.717) is 17.9 Å². The molecule has 1 unspecified atom stereocenters. The number of aromatic carboxylic acids is 2. The van der Waals surface area contributed by atoms with Crippen LogP contribution in [0.5, 0.6) is 0 Å². The number of carbonyl (C=O) groups is 3. The van der Waals surface area contributed by atoms with Gasteiger partial charge in [-0.1, -0.05) is 75.3 Å². The van der Waals surface area contributed by atoms with Gasteiger partial charge in [0.15, 0.2) is 0 Å². The Bertz CT molecular complexity index is 978. The highest BCUT2D eigenvalue weighted by molar-refractivity contribution is 5.97. The summed E-state index contributed by atoms with van der Waals surface area (Å²) in [5.74, 6) is -2.69. The third-order valence-electron chi connectivity index (χ3n) is 6.78. The van der Waals surface area contributed by atoms with Crippen molar-refractivity contribution in [1.82, 2.24) is 5.48 Å². The number of carboxylic acid groups (broad SMARTS) is 2. The van der Waals surface area contributed by atoms with Gasteiger partial charge >= 0.3 is 11.9 Å². The van der Waals surface area contributed by atoms with Gasteiger partial charge in [-0.2, -0.15) is 0 Å². The molecule has 2 aromatic carbocycles. The van der Waals surface area contributed by atoms with E-state index in [4.69, 9.17) is 4.84 Å². The monoisotopic (exact) mass is 481 g/mol. The second-order valence-corrected chi connectivity index (χ2v) is 9.52. The Balaban J connectivity index is 1.77. The average Bonchev–Trinajstić information content (AvgIpc) is 2.84. The molecule has 0 heterocycles. The van der Waals surface area contributed by atoms with Crippen molar-refractivity contribution in [2.75, 3.05) is 0 Å². The van der Waals surface area contributed by atoms with E-state index in [1.165, 1.54) is 44.2 Å². The molecule has 1 amide bonds. The van der Waals surface area contributed by atoms with Crippen molar-refractivity contribution in [3.8, 4) is 0 Å². The van der Waals surface area contributed by atoms with Gasteiger partial charge in [0.25, 0.3) is 0 Å². The molecule has 3 rings (SSSR count). The number of hydrogen-bond acceptors (Lipinski definition) is 4. The van der Waals surface area contributed by atoms with Crippen LogP contribution in [0.2, 0.25) is 0 Å². The summed E-state index contributed by atoms with van der Waals surface area (Å²) in [7, 11) is 0. The van der Waals surface area contributed by atoms with Crippen molar-refractivity contribution >= 4 is 17.8 Å². The van der Waals surface area contributed by atoms with Crippen molar-refractivity contribution in [3.63, 3.8) is 0 Å². The van der Waals surface area contributed by atoms with Gasteiger partial charge in [0, 0.05) is 6.42 Å². The number of benzene rings is 2. The molecule has 2 aromatic rings. The molecule has 3 N–H and O–H groups in total. The molecule has 1 fully saturated rings. The van der Waals surface area contributed by atoms with Crippen LogP contribution in [0.1, 0.15) is 101 Å². The summed E-state index contributed by atoms with van der Waals surface area (Å²) >= 11 is 0. The summed E-state index contributed by atoms with van der Waals surface area (Å²) in [5, 5.41) is 19.7. The smallest absolute Gasteiger partial charge is 0.336 e. The fraction of sp³-hybridized carbons (Fsp3) is 0.464. The van der Waals surface area contributed by atoms with Crippen molar-refractivity contribution in [2.24, 2.45) is 5.92 Å². The zero-order valence-corrected chi connectivity index (χ0v) is 20.3. The highest BCUT2D eigenvalue weighted by Gasteiger charge is 2.28. The maximum absolute atomic E-state index is 12.8. The first kappa shape index (κ1) is 26.4. The molecule has 35 heavy (non-hydrogen) atoms. The van der Waals surface area contributed by atoms with Crippen molar-refractivity contribution in [1.29, 1.82) is 0 Å². The Morgan fingerprint density at radius 1 is 1.00 bits per heavy atom. The number of nitrogens with one attached hydrogen (secondary N) is 1. The van der Waals surface area contributed by atoms with Crippen LogP contribution in [0.3, 0.4) is 0 Å².